The summed E-state index contributed by atoms with van der Waals surface area (Å²) in [4.78, 5) is 21.3. The van der Waals surface area contributed by atoms with Gasteiger partial charge in [-0.05, 0) is 57.2 Å². The molecule has 0 heterocycles. The standard InChI is InChI=1S/C13H7ClF3NOS.C11H22O2.C2H5NO/c14-8-2-1-6(3-11(8)20)13(19)18-7-4-9(15)12(17)10(16)5-7;1-5-11(7-6-9(2)12)8-10(3)13-4;1-3-2-4/h1-5,20H,(H,18,19);5,9-12H,1,6-8H2,2-4H3;2H,1H3,(H,3,4). The van der Waals surface area contributed by atoms with Crippen molar-refractivity contribution in [3.8, 4) is 0 Å². The van der Waals surface area contributed by atoms with Gasteiger partial charge in [0.15, 0.2) is 17.5 Å². The number of benzene rings is 2. The molecule has 0 fully saturated rings. The number of nitrogens with one attached hydrogen (secondary N) is 2. The van der Waals surface area contributed by atoms with E-state index in [2.05, 4.69) is 36.8 Å². The van der Waals surface area contributed by atoms with Gasteiger partial charge in [-0.1, -0.05) is 17.7 Å². The molecule has 0 aromatic heterocycles. The minimum Gasteiger partial charge on any atom is -0.393 e. The number of rotatable bonds is 10. The lowest BCUT2D eigenvalue weighted by Crippen LogP contribution is -2.12. The van der Waals surface area contributed by atoms with Gasteiger partial charge in [0, 0.05) is 42.4 Å². The molecule has 11 heteroatoms. The van der Waals surface area contributed by atoms with E-state index in [0.29, 0.717) is 34.4 Å². The number of hydrogen-bond donors (Lipinski definition) is 4. The van der Waals surface area contributed by atoms with Crippen molar-refractivity contribution in [1.82, 2.24) is 5.32 Å². The third-order valence-corrected chi connectivity index (χ3v) is 5.72. The van der Waals surface area contributed by atoms with Crippen molar-refractivity contribution in [2.45, 2.75) is 50.2 Å². The number of carbonyl (C=O) groups is 2. The third kappa shape index (κ3) is 14.1. The van der Waals surface area contributed by atoms with Crippen molar-refractivity contribution in [3.05, 3.63) is 71.0 Å². The highest BCUT2D eigenvalue weighted by atomic mass is 35.5. The molecule has 6 nitrogen and oxygen atoms in total. The van der Waals surface area contributed by atoms with Crippen LogP contribution in [0.1, 0.15) is 43.5 Å². The number of ether oxygens (including phenoxy) is 1. The number of anilines is 1. The zero-order valence-electron chi connectivity index (χ0n) is 21.2. The summed E-state index contributed by atoms with van der Waals surface area (Å²) in [5.74, 6) is -4.52. The maximum Gasteiger partial charge on any atom is 0.255 e. The van der Waals surface area contributed by atoms with Crippen LogP contribution in [-0.4, -0.2) is 43.8 Å². The highest BCUT2D eigenvalue weighted by Gasteiger charge is 2.14. The Hall–Kier alpha value is -2.53. The molecular formula is C26H34ClF3N2O4S. The van der Waals surface area contributed by atoms with Crippen molar-refractivity contribution in [1.29, 1.82) is 0 Å². The van der Waals surface area contributed by atoms with Crippen LogP contribution >= 0.6 is 24.2 Å². The molecule has 3 atom stereocenters. The van der Waals surface area contributed by atoms with E-state index in [0.717, 1.165) is 19.3 Å². The van der Waals surface area contributed by atoms with Crippen LogP contribution in [0.3, 0.4) is 0 Å². The van der Waals surface area contributed by atoms with Gasteiger partial charge in [-0.15, -0.1) is 19.2 Å². The van der Waals surface area contributed by atoms with Gasteiger partial charge in [-0.2, -0.15) is 0 Å². The SMILES string of the molecule is C=CC(CCC(C)O)CC(C)OC.CNC=O.O=C(Nc1cc(F)c(F)c(F)c1)c1ccc(Cl)c(S)c1. The number of thiol groups is 1. The number of halogens is 4. The topological polar surface area (TPSA) is 87.7 Å². The van der Waals surface area contributed by atoms with Crippen LogP contribution in [0, 0.1) is 23.4 Å². The van der Waals surface area contributed by atoms with Crippen LogP contribution in [0.2, 0.25) is 5.02 Å². The van der Waals surface area contributed by atoms with Crippen LogP contribution in [0.5, 0.6) is 0 Å². The first-order chi connectivity index (χ1) is 17.4. The van der Waals surface area contributed by atoms with Crippen LogP contribution in [0.4, 0.5) is 18.9 Å². The fourth-order valence-corrected chi connectivity index (χ4v) is 3.13. The van der Waals surface area contributed by atoms with Gasteiger partial charge in [0.2, 0.25) is 6.41 Å². The molecule has 0 aliphatic carbocycles. The summed E-state index contributed by atoms with van der Waals surface area (Å²) in [6, 6.07) is 5.66. The smallest absolute Gasteiger partial charge is 0.255 e. The molecule has 0 saturated carbocycles. The Morgan fingerprint density at radius 2 is 1.76 bits per heavy atom. The van der Waals surface area contributed by atoms with E-state index in [1.54, 1.807) is 14.2 Å². The normalized spacial score (nSPS) is 12.5. The highest BCUT2D eigenvalue weighted by Crippen LogP contribution is 2.22. The third-order valence-electron chi connectivity index (χ3n) is 4.89. The van der Waals surface area contributed by atoms with Crippen LogP contribution in [0.25, 0.3) is 0 Å². The molecule has 0 radical (unpaired) electrons. The second-order valence-corrected chi connectivity index (χ2v) is 8.87. The summed E-state index contributed by atoms with van der Waals surface area (Å²) in [5, 5.41) is 14.0. The number of amides is 2. The van der Waals surface area contributed by atoms with Gasteiger partial charge in [-0.3, -0.25) is 9.59 Å². The quantitative estimate of drug-likeness (QED) is 0.123. The Morgan fingerprint density at radius 1 is 1.19 bits per heavy atom. The molecular weight excluding hydrogens is 529 g/mol. The minimum atomic E-state index is -1.59. The van der Waals surface area contributed by atoms with E-state index in [4.69, 9.17) is 26.2 Å². The summed E-state index contributed by atoms with van der Waals surface area (Å²) >= 11 is 9.81. The van der Waals surface area contributed by atoms with Gasteiger partial charge in [0.1, 0.15) is 0 Å². The maximum atomic E-state index is 13.0. The van der Waals surface area contributed by atoms with Crippen molar-refractivity contribution >= 4 is 42.2 Å². The van der Waals surface area contributed by atoms with Gasteiger partial charge in [0.25, 0.3) is 5.91 Å². The molecule has 2 amide bonds. The van der Waals surface area contributed by atoms with E-state index in [1.807, 2.05) is 13.0 Å². The highest BCUT2D eigenvalue weighted by molar-refractivity contribution is 7.80. The second-order valence-electron chi connectivity index (χ2n) is 7.98. The number of allylic oxidation sites excluding steroid dienone is 1. The predicted octanol–water partition coefficient (Wildman–Crippen LogP) is 6.04. The predicted molar refractivity (Wildman–Crippen MR) is 144 cm³/mol. The first kappa shape index (κ1) is 34.5. The molecule has 0 aliphatic heterocycles. The van der Waals surface area contributed by atoms with Gasteiger partial charge < -0.3 is 20.5 Å². The summed E-state index contributed by atoms with van der Waals surface area (Å²) in [6.45, 7) is 7.66. The number of aliphatic hydroxyl groups excluding tert-OH is 1. The van der Waals surface area contributed by atoms with Crippen LogP contribution in [-0.2, 0) is 9.53 Å². The average Bonchev–Trinajstić information content (AvgIpc) is 2.86. The lowest BCUT2D eigenvalue weighted by Gasteiger charge is -2.17. The van der Waals surface area contributed by atoms with Crippen molar-refractivity contribution in [3.63, 3.8) is 0 Å². The Balaban J connectivity index is 0.000000657. The number of hydrogen-bond acceptors (Lipinski definition) is 5. The fraction of sp³-hybridized carbons (Fsp3) is 0.385. The van der Waals surface area contributed by atoms with Gasteiger partial charge >= 0.3 is 0 Å². The van der Waals surface area contributed by atoms with E-state index < -0.39 is 23.4 Å². The fourth-order valence-electron chi connectivity index (χ4n) is 2.79. The molecule has 0 aliphatic rings. The number of carbonyl (C=O) groups excluding carboxylic acids is 2. The van der Waals surface area contributed by atoms with E-state index in [-0.39, 0.29) is 23.5 Å². The van der Waals surface area contributed by atoms with Crippen LogP contribution in [0.15, 0.2) is 47.9 Å². The van der Waals surface area contributed by atoms with E-state index in [9.17, 15) is 18.0 Å². The summed E-state index contributed by atoms with van der Waals surface area (Å²) in [6.07, 6.45) is 5.48. The van der Waals surface area contributed by atoms with Crippen molar-refractivity contribution < 1.29 is 32.6 Å². The van der Waals surface area contributed by atoms with E-state index >= 15 is 0 Å². The molecule has 2 aromatic rings. The molecule has 2 aromatic carbocycles. The first-order valence-electron chi connectivity index (χ1n) is 11.3. The molecule has 206 valence electrons. The van der Waals surface area contributed by atoms with Gasteiger partial charge in [-0.25, -0.2) is 13.2 Å². The first-order valence-corrected chi connectivity index (χ1v) is 12.1. The van der Waals surface area contributed by atoms with Crippen molar-refractivity contribution in [2.24, 2.45) is 5.92 Å². The second kappa shape index (κ2) is 18.7. The average molecular weight is 563 g/mol. The largest absolute Gasteiger partial charge is 0.393 e. The molecule has 37 heavy (non-hydrogen) atoms. The Labute approximate surface area is 226 Å². The Kier molecular flexibility index (Phi) is 17.4. The minimum absolute atomic E-state index is 0.193. The molecule has 0 saturated heterocycles. The molecule has 0 spiro atoms. The monoisotopic (exact) mass is 562 g/mol. The maximum absolute atomic E-state index is 13.0. The molecule has 2 rings (SSSR count). The van der Waals surface area contributed by atoms with Crippen LogP contribution < -0.4 is 10.6 Å². The lowest BCUT2D eigenvalue weighted by molar-refractivity contribution is -0.109. The molecule has 0 bridgehead atoms. The Morgan fingerprint density at radius 3 is 2.19 bits per heavy atom. The van der Waals surface area contributed by atoms with Crippen molar-refractivity contribution in [2.75, 3.05) is 19.5 Å². The summed E-state index contributed by atoms with van der Waals surface area (Å²) in [7, 11) is 3.28. The number of methoxy groups -OCH3 is 1. The molecule has 3 unspecified atom stereocenters. The Bertz CT molecular complexity index is 989. The lowest BCUT2D eigenvalue weighted by atomic mass is 9.95. The zero-order valence-corrected chi connectivity index (χ0v) is 22.9. The zero-order chi connectivity index (χ0) is 28.5. The molecule has 3 N–H and O–H groups in total. The van der Waals surface area contributed by atoms with E-state index in [1.165, 1.54) is 18.2 Å². The summed E-state index contributed by atoms with van der Waals surface area (Å²) in [5.41, 5.74) is 0.00612. The summed E-state index contributed by atoms with van der Waals surface area (Å²) < 4.78 is 44.0. The van der Waals surface area contributed by atoms with Gasteiger partial charge in [0.05, 0.1) is 17.2 Å². The number of aliphatic hydroxyl groups is 1.